The molecule has 0 saturated carbocycles. The van der Waals surface area contributed by atoms with Gasteiger partial charge in [-0.1, -0.05) is 34.1 Å². The van der Waals surface area contributed by atoms with Crippen molar-refractivity contribution in [2.75, 3.05) is 13.1 Å². The van der Waals surface area contributed by atoms with E-state index in [1.165, 1.54) is 0 Å². The van der Waals surface area contributed by atoms with Crippen LogP contribution in [0, 0.1) is 11.3 Å². The van der Waals surface area contributed by atoms with Gasteiger partial charge in [-0.3, -0.25) is 14.4 Å². The fourth-order valence-corrected chi connectivity index (χ4v) is 2.20. The molecule has 0 aliphatic carbocycles. The summed E-state index contributed by atoms with van der Waals surface area (Å²) in [6, 6.07) is 6.31. The van der Waals surface area contributed by atoms with Crippen molar-refractivity contribution in [3.63, 3.8) is 0 Å². The maximum Gasteiger partial charge on any atom is 0.308 e. The van der Waals surface area contributed by atoms with Gasteiger partial charge in [-0.15, -0.1) is 0 Å². The highest BCUT2D eigenvalue weighted by molar-refractivity contribution is 5.97. The fraction of sp³-hybridized carbons (Fsp3) is 0.526. The van der Waals surface area contributed by atoms with Crippen molar-refractivity contribution in [1.82, 2.24) is 10.6 Å². The standard InChI is InChI=1S/C19H28N2O4/c1-5-6-15(18(24)25)11-20-16(22)13-7-9-14(10-8-13)17(23)21-12-19(2,3)4/h7-10,15H,5-6,11-12H2,1-4H3,(H,20,22)(H,21,23)(H,24,25). The van der Waals surface area contributed by atoms with Gasteiger partial charge in [0.05, 0.1) is 5.92 Å². The van der Waals surface area contributed by atoms with Crippen LogP contribution in [0.25, 0.3) is 0 Å². The van der Waals surface area contributed by atoms with Crippen molar-refractivity contribution in [1.29, 1.82) is 0 Å². The van der Waals surface area contributed by atoms with E-state index in [-0.39, 0.29) is 23.8 Å². The highest BCUT2D eigenvalue weighted by Crippen LogP contribution is 2.11. The van der Waals surface area contributed by atoms with E-state index in [2.05, 4.69) is 10.6 Å². The van der Waals surface area contributed by atoms with Crippen molar-refractivity contribution in [2.24, 2.45) is 11.3 Å². The maximum absolute atomic E-state index is 12.1. The van der Waals surface area contributed by atoms with Crippen LogP contribution in [-0.4, -0.2) is 36.0 Å². The van der Waals surface area contributed by atoms with E-state index in [9.17, 15) is 14.4 Å². The normalized spacial score (nSPS) is 12.3. The van der Waals surface area contributed by atoms with Gasteiger partial charge in [0.15, 0.2) is 0 Å². The number of hydrogen-bond acceptors (Lipinski definition) is 3. The molecule has 0 radical (unpaired) electrons. The van der Waals surface area contributed by atoms with E-state index in [4.69, 9.17) is 5.11 Å². The Morgan fingerprint density at radius 3 is 1.88 bits per heavy atom. The quantitative estimate of drug-likeness (QED) is 0.673. The molecule has 0 aliphatic rings. The third-order valence-corrected chi connectivity index (χ3v) is 3.68. The number of carbonyl (C=O) groups excluding carboxylic acids is 2. The second-order valence-corrected chi connectivity index (χ2v) is 7.35. The molecule has 0 saturated heterocycles. The summed E-state index contributed by atoms with van der Waals surface area (Å²) in [5, 5.41) is 14.6. The lowest BCUT2D eigenvalue weighted by Crippen LogP contribution is -2.33. The number of rotatable bonds is 8. The van der Waals surface area contributed by atoms with Crippen LogP contribution in [0.5, 0.6) is 0 Å². The fourth-order valence-electron chi connectivity index (χ4n) is 2.20. The van der Waals surface area contributed by atoms with E-state index in [1.54, 1.807) is 24.3 Å². The van der Waals surface area contributed by atoms with Gasteiger partial charge in [-0.2, -0.15) is 0 Å². The first-order valence-electron chi connectivity index (χ1n) is 8.53. The Balaban J connectivity index is 2.61. The topological polar surface area (TPSA) is 95.5 Å². The molecule has 6 nitrogen and oxygen atoms in total. The molecular weight excluding hydrogens is 320 g/mol. The van der Waals surface area contributed by atoms with Crippen molar-refractivity contribution in [3.05, 3.63) is 35.4 Å². The molecule has 0 bridgehead atoms. The Bertz CT molecular complexity index is 603. The van der Waals surface area contributed by atoms with Crippen LogP contribution in [0.3, 0.4) is 0 Å². The predicted octanol–water partition coefficient (Wildman–Crippen LogP) is 2.69. The summed E-state index contributed by atoms with van der Waals surface area (Å²) in [5.41, 5.74) is 0.873. The van der Waals surface area contributed by atoms with Crippen LogP contribution in [-0.2, 0) is 4.79 Å². The number of hydrogen-bond donors (Lipinski definition) is 3. The molecule has 25 heavy (non-hydrogen) atoms. The van der Waals surface area contributed by atoms with E-state index in [0.717, 1.165) is 6.42 Å². The van der Waals surface area contributed by atoms with Crippen molar-refractivity contribution in [3.8, 4) is 0 Å². The largest absolute Gasteiger partial charge is 0.481 e. The van der Waals surface area contributed by atoms with Crippen LogP contribution >= 0.6 is 0 Å². The van der Waals surface area contributed by atoms with Crippen molar-refractivity contribution >= 4 is 17.8 Å². The van der Waals surface area contributed by atoms with Gasteiger partial charge in [0.1, 0.15) is 0 Å². The van der Waals surface area contributed by atoms with Crippen molar-refractivity contribution in [2.45, 2.75) is 40.5 Å². The monoisotopic (exact) mass is 348 g/mol. The highest BCUT2D eigenvalue weighted by Gasteiger charge is 2.18. The smallest absolute Gasteiger partial charge is 0.308 e. The minimum absolute atomic E-state index is 0.00530. The Hall–Kier alpha value is -2.37. The first kappa shape index (κ1) is 20.7. The number of amides is 2. The van der Waals surface area contributed by atoms with E-state index in [0.29, 0.717) is 24.1 Å². The number of nitrogens with one attached hydrogen (secondary N) is 2. The van der Waals surface area contributed by atoms with Gasteiger partial charge >= 0.3 is 5.97 Å². The second kappa shape index (κ2) is 9.20. The van der Waals surface area contributed by atoms with E-state index < -0.39 is 11.9 Å². The number of carboxylic acid groups (broad SMARTS) is 1. The molecular formula is C19H28N2O4. The average molecular weight is 348 g/mol. The lowest BCUT2D eigenvalue weighted by atomic mass is 9.97. The number of carbonyl (C=O) groups is 3. The van der Waals surface area contributed by atoms with Gasteiger partial charge in [-0.25, -0.2) is 0 Å². The molecule has 1 unspecified atom stereocenters. The third-order valence-electron chi connectivity index (χ3n) is 3.68. The van der Waals surface area contributed by atoms with Gasteiger partial charge in [0, 0.05) is 24.2 Å². The summed E-state index contributed by atoms with van der Waals surface area (Å²) in [5.74, 6) is -2.02. The molecule has 0 aromatic heterocycles. The zero-order chi connectivity index (χ0) is 19.0. The van der Waals surface area contributed by atoms with Crippen LogP contribution in [0.2, 0.25) is 0 Å². The average Bonchev–Trinajstić information content (AvgIpc) is 2.55. The van der Waals surface area contributed by atoms with E-state index in [1.807, 2.05) is 27.7 Å². The van der Waals surface area contributed by atoms with Gasteiger partial charge in [-0.05, 0) is 36.1 Å². The molecule has 0 fully saturated rings. The summed E-state index contributed by atoms with van der Waals surface area (Å²) < 4.78 is 0. The summed E-state index contributed by atoms with van der Waals surface area (Å²) in [6.07, 6.45) is 1.26. The molecule has 0 spiro atoms. The molecule has 2 amide bonds. The third kappa shape index (κ3) is 7.37. The summed E-state index contributed by atoms with van der Waals surface area (Å²) in [7, 11) is 0. The molecule has 1 rings (SSSR count). The molecule has 138 valence electrons. The summed E-state index contributed by atoms with van der Waals surface area (Å²) in [4.78, 5) is 35.3. The van der Waals surface area contributed by atoms with Gasteiger partial charge in [0.25, 0.3) is 11.8 Å². The zero-order valence-corrected chi connectivity index (χ0v) is 15.4. The number of aliphatic carboxylic acids is 1. The number of benzene rings is 1. The second-order valence-electron chi connectivity index (χ2n) is 7.35. The predicted molar refractivity (Wildman–Crippen MR) is 96.6 cm³/mol. The lowest BCUT2D eigenvalue weighted by molar-refractivity contribution is -0.141. The molecule has 1 aromatic rings. The van der Waals surface area contributed by atoms with E-state index >= 15 is 0 Å². The first-order valence-corrected chi connectivity index (χ1v) is 8.53. The highest BCUT2D eigenvalue weighted by atomic mass is 16.4. The molecule has 6 heteroatoms. The lowest BCUT2D eigenvalue weighted by Gasteiger charge is -2.18. The minimum atomic E-state index is -0.909. The molecule has 0 aliphatic heterocycles. The zero-order valence-electron chi connectivity index (χ0n) is 15.4. The Labute approximate surface area is 149 Å². The first-order chi connectivity index (χ1) is 11.6. The number of carboxylic acids is 1. The van der Waals surface area contributed by atoms with Gasteiger partial charge < -0.3 is 15.7 Å². The van der Waals surface area contributed by atoms with Crippen LogP contribution < -0.4 is 10.6 Å². The maximum atomic E-state index is 12.1. The van der Waals surface area contributed by atoms with Crippen LogP contribution in [0.4, 0.5) is 0 Å². The van der Waals surface area contributed by atoms with Crippen LogP contribution in [0.15, 0.2) is 24.3 Å². The molecule has 3 N–H and O–H groups in total. The minimum Gasteiger partial charge on any atom is -0.481 e. The SMILES string of the molecule is CCCC(CNC(=O)c1ccc(C(=O)NCC(C)(C)C)cc1)C(=O)O. The molecule has 0 heterocycles. The van der Waals surface area contributed by atoms with Gasteiger partial charge in [0.2, 0.25) is 0 Å². The Kier molecular flexibility index (Phi) is 7.61. The summed E-state index contributed by atoms with van der Waals surface area (Å²) >= 11 is 0. The Morgan fingerprint density at radius 1 is 1.00 bits per heavy atom. The summed E-state index contributed by atoms with van der Waals surface area (Å²) in [6.45, 7) is 8.65. The Morgan fingerprint density at radius 2 is 1.48 bits per heavy atom. The molecule has 1 aromatic carbocycles. The van der Waals surface area contributed by atoms with Crippen molar-refractivity contribution < 1.29 is 19.5 Å². The molecule has 1 atom stereocenters. The van der Waals surface area contributed by atoms with Crippen LogP contribution in [0.1, 0.15) is 61.3 Å².